The molecule has 0 spiro atoms. The molecule has 0 fully saturated rings. The summed E-state index contributed by atoms with van der Waals surface area (Å²) >= 11 is 0. The molecule has 0 unspecified atom stereocenters. The Hall–Kier alpha value is -2.62. The van der Waals surface area contributed by atoms with E-state index in [1.54, 1.807) is 18.3 Å². The SMILES string of the molecule is CCN(CC)c1cc(-c2ncccc2O)nc2ccccc12. The summed E-state index contributed by atoms with van der Waals surface area (Å²) in [5.74, 6) is 0.149. The number of fused-ring (bicyclic) bond motifs is 1. The van der Waals surface area contributed by atoms with Crippen LogP contribution >= 0.6 is 0 Å². The topological polar surface area (TPSA) is 49.2 Å². The summed E-state index contributed by atoms with van der Waals surface area (Å²) in [5.41, 5.74) is 3.24. The van der Waals surface area contributed by atoms with Gasteiger partial charge >= 0.3 is 0 Å². The molecule has 0 aliphatic carbocycles. The number of para-hydroxylation sites is 1. The van der Waals surface area contributed by atoms with Gasteiger partial charge in [-0.25, -0.2) is 4.98 Å². The van der Waals surface area contributed by atoms with E-state index < -0.39 is 0 Å². The Bertz CT molecular complexity index is 797. The van der Waals surface area contributed by atoms with Gasteiger partial charge in [0.1, 0.15) is 11.4 Å². The second-order valence-corrected chi connectivity index (χ2v) is 5.09. The summed E-state index contributed by atoms with van der Waals surface area (Å²) in [7, 11) is 0. The largest absolute Gasteiger partial charge is 0.506 e. The van der Waals surface area contributed by atoms with Crippen LogP contribution < -0.4 is 4.90 Å². The van der Waals surface area contributed by atoms with Crippen LogP contribution in [0.15, 0.2) is 48.7 Å². The molecule has 4 nitrogen and oxygen atoms in total. The van der Waals surface area contributed by atoms with E-state index in [1.165, 1.54) is 0 Å². The number of hydrogen-bond acceptors (Lipinski definition) is 4. The van der Waals surface area contributed by atoms with Crippen molar-refractivity contribution in [2.75, 3.05) is 18.0 Å². The molecule has 1 N–H and O–H groups in total. The van der Waals surface area contributed by atoms with E-state index >= 15 is 0 Å². The molecule has 0 amide bonds. The second-order valence-electron chi connectivity index (χ2n) is 5.09. The highest BCUT2D eigenvalue weighted by molar-refractivity contribution is 5.94. The first-order valence-electron chi connectivity index (χ1n) is 7.53. The van der Waals surface area contributed by atoms with Crippen LogP contribution in [0.5, 0.6) is 5.75 Å². The Morgan fingerprint density at radius 2 is 1.82 bits per heavy atom. The summed E-state index contributed by atoms with van der Waals surface area (Å²) in [5, 5.41) is 11.2. The van der Waals surface area contributed by atoms with Crippen molar-refractivity contribution in [3.63, 3.8) is 0 Å². The Labute approximate surface area is 130 Å². The average molecular weight is 293 g/mol. The predicted molar refractivity (Wildman–Crippen MR) is 90.2 cm³/mol. The minimum Gasteiger partial charge on any atom is -0.506 e. The summed E-state index contributed by atoms with van der Waals surface area (Å²) in [6.45, 7) is 6.10. The van der Waals surface area contributed by atoms with E-state index in [9.17, 15) is 5.11 Å². The van der Waals surface area contributed by atoms with Crippen LogP contribution in [0, 0.1) is 0 Å². The normalized spacial score (nSPS) is 10.8. The standard InChI is InChI=1S/C18H19N3O/c1-3-21(4-2)16-12-15(18-17(22)10-7-11-19-18)20-14-9-6-5-8-13(14)16/h5-12,22H,3-4H2,1-2H3. The molecular formula is C18H19N3O. The zero-order valence-electron chi connectivity index (χ0n) is 12.8. The predicted octanol–water partition coefficient (Wildman–Crippen LogP) is 3.85. The van der Waals surface area contributed by atoms with Crippen LogP contribution in [0.3, 0.4) is 0 Å². The highest BCUT2D eigenvalue weighted by atomic mass is 16.3. The van der Waals surface area contributed by atoms with E-state index in [-0.39, 0.29) is 5.75 Å². The first-order chi connectivity index (χ1) is 10.7. The van der Waals surface area contributed by atoms with E-state index in [1.807, 2.05) is 24.3 Å². The van der Waals surface area contributed by atoms with Gasteiger partial charge < -0.3 is 10.0 Å². The second kappa shape index (κ2) is 6.02. The highest BCUT2D eigenvalue weighted by Gasteiger charge is 2.14. The number of aromatic hydroxyl groups is 1. The fourth-order valence-corrected chi connectivity index (χ4v) is 2.70. The summed E-state index contributed by atoms with van der Waals surface area (Å²) in [6, 6.07) is 13.4. The van der Waals surface area contributed by atoms with Crippen LogP contribution in [-0.4, -0.2) is 28.2 Å². The van der Waals surface area contributed by atoms with Crippen molar-refractivity contribution in [1.29, 1.82) is 0 Å². The number of benzene rings is 1. The van der Waals surface area contributed by atoms with Gasteiger partial charge in [-0.1, -0.05) is 18.2 Å². The molecule has 0 atom stereocenters. The summed E-state index contributed by atoms with van der Waals surface area (Å²) < 4.78 is 0. The average Bonchev–Trinajstić information content (AvgIpc) is 2.56. The van der Waals surface area contributed by atoms with Crippen molar-refractivity contribution in [2.45, 2.75) is 13.8 Å². The third-order valence-electron chi connectivity index (χ3n) is 3.83. The number of anilines is 1. The Kier molecular flexibility index (Phi) is 3.92. The van der Waals surface area contributed by atoms with Gasteiger partial charge in [0.2, 0.25) is 0 Å². The number of hydrogen-bond donors (Lipinski definition) is 1. The van der Waals surface area contributed by atoms with Crippen molar-refractivity contribution in [3.8, 4) is 17.1 Å². The van der Waals surface area contributed by atoms with Gasteiger partial charge in [0.15, 0.2) is 0 Å². The first kappa shape index (κ1) is 14.3. The molecule has 3 aromatic rings. The molecule has 2 heterocycles. The Morgan fingerprint density at radius 3 is 2.55 bits per heavy atom. The third kappa shape index (κ3) is 2.48. The van der Waals surface area contributed by atoms with Crippen molar-refractivity contribution in [1.82, 2.24) is 9.97 Å². The van der Waals surface area contributed by atoms with Crippen molar-refractivity contribution in [3.05, 3.63) is 48.7 Å². The van der Waals surface area contributed by atoms with Gasteiger partial charge in [-0.05, 0) is 38.1 Å². The van der Waals surface area contributed by atoms with Crippen LogP contribution in [0.1, 0.15) is 13.8 Å². The number of rotatable bonds is 4. The molecule has 2 aromatic heterocycles. The quantitative estimate of drug-likeness (QED) is 0.794. The zero-order valence-corrected chi connectivity index (χ0v) is 12.8. The van der Waals surface area contributed by atoms with Gasteiger partial charge in [0.25, 0.3) is 0 Å². The Morgan fingerprint density at radius 1 is 1.05 bits per heavy atom. The van der Waals surface area contributed by atoms with Gasteiger partial charge in [-0.15, -0.1) is 0 Å². The number of aromatic nitrogens is 2. The lowest BCUT2D eigenvalue weighted by Gasteiger charge is -2.23. The molecule has 1 aromatic carbocycles. The summed E-state index contributed by atoms with van der Waals surface area (Å²) in [4.78, 5) is 11.2. The maximum absolute atomic E-state index is 10.1. The minimum atomic E-state index is 0.149. The van der Waals surface area contributed by atoms with Gasteiger partial charge in [0, 0.05) is 30.4 Å². The smallest absolute Gasteiger partial charge is 0.143 e. The molecule has 0 aliphatic heterocycles. The molecular weight excluding hydrogens is 274 g/mol. The van der Waals surface area contributed by atoms with Gasteiger partial charge in [-0.3, -0.25) is 4.98 Å². The number of nitrogens with zero attached hydrogens (tertiary/aromatic N) is 3. The molecule has 4 heteroatoms. The maximum Gasteiger partial charge on any atom is 0.143 e. The van der Waals surface area contributed by atoms with E-state index in [0.717, 1.165) is 29.7 Å². The van der Waals surface area contributed by atoms with Gasteiger partial charge in [0.05, 0.1) is 11.2 Å². The van der Waals surface area contributed by atoms with E-state index in [0.29, 0.717) is 11.4 Å². The molecule has 112 valence electrons. The third-order valence-corrected chi connectivity index (χ3v) is 3.83. The lowest BCUT2D eigenvalue weighted by atomic mass is 10.1. The Balaban J connectivity index is 2.27. The van der Waals surface area contributed by atoms with Gasteiger partial charge in [-0.2, -0.15) is 0 Å². The monoisotopic (exact) mass is 293 g/mol. The zero-order chi connectivity index (χ0) is 15.5. The highest BCUT2D eigenvalue weighted by Crippen LogP contribution is 2.32. The van der Waals surface area contributed by atoms with Crippen LogP contribution in [0.2, 0.25) is 0 Å². The minimum absolute atomic E-state index is 0.149. The first-order valence-corrected chi connectivity index (χ1v) is 7.53. The molecule has 22 heavy (non-hydrogen) atoms. The van der Waals surface area contributed by atoms with Crippen LogP contribution in [0.4, 0.5) is 5.69 Å². The molecule has 0 saturated heterocycles. The summed E-state index contributed by atoms with van der Waals surface area (Å²) in [6.07, 6.45) is 1.67. The maximum atomic E-state index is 10.1. The molecule has 0 radical (unpaired) electrons. The van der Waals surface area contributed by atoms with E-state index in [4.69, 9.17) is 0 Å². The fourth-order valence-electron chi connectivity index (χ4n) is 2.70. The van der Waals surface area contributed by atoms with Crippen molar-refractivity contribution >= 4 is 16.6 Å². The molecule has 0 saturated carbocycles. The lowest BCUT2D eigenvalue weighted by molar-refractivity contribution is 0.475. The van der Waals surface area contributed by atoms with Crippen LogP contribution in [0.25, 0.3) is 22.3 Å². The van der Waals surface area contributed by atoms with Crippen molar-refractivity contribution in [2.24, 2.45) is 0 Å². The fraction of sp³-hybridized carbons (Fsp3) is 0.222. The molecule has 3 rings (SSSR count). The molecule has 0 bridgehead atoms. The molecule has 0 aliphatic rings. The number of pyridine rings is 2. The van der Waals surface area contributed by atoms with Crippen molar-refractivity contribution < 1.29 is 5.11 Å². The van der Waals surface area contributed by atoms with E-state index in [2.05, 4.69) is 34.8 Å². The van der Waals surface area contributed by atoms with Crippen LogP contribution in [-0.2, 0) is 0 Å². The lowest BCUT2D eigenvalue weighted by Crippen LogP contribution is -2.22.